The first-order valence-electron chi connectivity index (χ1n) is 7.65. The van der Waals surface area contributed by atoms with Crippen LogP contribution in [0.15, 0.2) is 60.9 Å². The van der Waals surface area contributed by atoms with Gasteiger partial charge in [0.25, 0.3) is 5.91 Å². The zero-order valence-electron chi connectivity index (χ0n) is 13.5. The van der Waals surface area contributed by atoms with Crippen molar-refractivity contribution in [2.45, 2.75) is 13.0 Å². The van der Waals surface area contributed by atoms with Gasteiger partial charge in [-0.1, -0.05) is 41.9 Å². The highest BCUT2D eigenvalue weighted by atomic mass is 35.5. The van der Waals surface area contributed by atoms with Crippen LogP contribution in [0, 0.1) is 6.92 Å². The molecule has 24 heavy (non-hydrogen) atoms. The molecule has 3 aromatic rings. The fraction of sp³-hybridized carbons (Fsp3) is 0.158. The molecule has 1 atom stereocenters. The SMILES string of the molecule is Cc1ccccc1C(NC(=O)c1cccc(Cl)c1)c1nccn1C. The van der Waals surface area contributed by atoms with E-state index in [0.717, 1.165) is 17.0 Å². The van der Waals surface area contributed by atoms with Crippen molar-refractivity contribution in [2.24, 2.45) is 7.05 Å². The van der Waals surface area contributed by atoms with Gasteiger partial charge in [-0.2, -0.15) is 0 Å². The summed E-state index contributed by atoms with van der Waals surface area (Å²) in [6.45, 7) is 2.02. The van der Waals surface area contributed by atoms with Gasteiger partial charge in [-0.25, -0.2) is 4.98 Å². The number of carbonyl (C=O) groups is 1. The van der Waals surface area contributed by atoms with E-state index in [9.17, 15) is 4.79 Å². The molecule has 2 aromatic carbocycles. The maximum absolute atomic E-state index is 12.7. The zero-order valence-corrected chi connectivity index (χ0v) is 14.3. The number of hydrogen-bond acceptors (Lipinski definition) is 2. The van der Waals surface area contributed by atoms with Gasteiger partial charge in [0.05, 0.1) is 0 Å². The summed E-state index contributed by atoms with van der Waals surface area (Å²) in [4.78, 5) is 17.1. The van der Waals surface area contributed by atoms with Crippen LogP contribution < -0.4 is 5.32 Å². The lowest BCUT2D eigenvalue weighted by Gasteiger charge is -2.21. The van der Waals surface area contributed by atoms with Crippen LogP contribution in [0.3, 0.4) is 0 Å². The van der Waals surface area contributed by atoms with Crippen molar-refractivity contribution in [1.82, 2.24) is 14.9 Å². The standard InChI is InChI=1S/C19H18ClN3O/c1-13-6-3-4-9-16(13)17(18-21-10-11-23(18)2)22-19(24)14-7-5-8-15(20)12-14/h3-12,17H,1-2H3,(H,22,24). The number of imidazole rings is 1. The van der Waals surface area contributed by atoms with Crippen molar-refractivity contribution in [3.63, 3.8) is 0 Å². The predicted molar refractivity (Wildman–Crippen MR) is 95.1 cm³/mol. The van der Waals surface area contributed by atoms with Gasteiger partial charge in [0.2, 0.25) is 0 Å². The first kappa shape index (κ1) is 16.3. The van der Waals surface area contributed by atoms with E-state index in [1.54, 1.807) is 30.5 Å². The molecule has 1 unspecified atom stereocenters. The first-order chi connectivity index (χ1) is 11.6. The quantitative estimate of drug-likeness (QED) is 0.783. The van der Waals surface area contributed by atoms with E-state index in [0.29, 0.717) is 10.6 Å². The van der Waals surface area contributed by atoms with Crippen LogP contribution in [0.2, 0.25) is 5.02 Å². The highest BCUT2D eigenvalue weighted by molar-refractivity contribution is 6.30. The Bertz CT molecular complexity index is 872. The molecule has 1 heterocycles. The molecule has 5 heteroatoms. The summed E-state index contributed by atoms with van der Waals surface area (Å²) in [5, 5.41) is 3.61. The third-order valence-corrected chi connectivity index (χ3v) is 4.21. The second-order valence-electron chi connectivity index (χ2n) is 5.67. The van der Waals surface area contributed by atoms with Crippen molar-refractivity contribution in [3.05, 3.63) is 88.5 Å². The topological polar surface area (TPSA) is 46.9 Å². The monoisotopic (exact) mass is 339 g/mol. The minimum atomic E-state index is -0.335. The van der Waals surface area contributed by atoms with Crippen LogP contribution in [0.4, 0.5) is 0 Å². The number of amides is 1. The van der Waals surface area contributed by atoms with Crippen molar-refractivity contribution in [1.29, 1.82) is 0 Å². The molecule has 0 saturated heterocycles. The maximum atomic E-state index is 12.7. The summed E-state index contributed by atoms with van der Waals surface area (Å²) in [7, 11) is 1.92. The largest absolute Gasteiger partial charge is 0.338 e. The Labute approximate surface area is 146 Å². The molecule has 0 fully saturated rings. The van der Waals surface area contributed by atoms with Crippen LogP contribution in [0.25, 0.3) is 0 Å². The number of rotatable bonds is 4. The number of nitrogens with zero attached hydrogens (tertiary/aromatic N) is 2. The number of hydrogen-bond donors (Lipinski definition) is 1. The molecule has 0 radical (unpaired) electrons. The van der Waals surface area contributed by atoms with Crippen LogP contribution in [-0.4, -0.2) is 15.5 Å². The minimum Gasteiger partial charge on any atom is -0.338 e. The average Bonchev–Trinajstić information content (AvgIpc) is 2.99. The van der Waals surface area contributed by atoms with E-state index in [1.165, 1.54) is 0 Å². The number of halogens is 1. The Balaban J connectivity index is 1.98. The summed E-state index contributed by atoms with van der Waals surface area (Å²) in [5.41, 5.74) is 2.63. The third-order valence-electron chi connectivity index (χ3n) is 3.98. The van der Waals surface area contributed by atoms with E-state index in [2.05, 4.69) is 10.3 Å². The van der Waals surface area contributed by atoms with Gasteiger partial charge in [-0.3, -0.25) is 4.79 Å². The highest BCUT2D eigenvalue weighted by Gasteiger charge is 2.22. The fourth-order valence-electron chi connectivity index (χ4n) is 2.69. The lowest BCUT2D eigenvalue weighted by atomic mass is 10.00. The van der Waals surface area contributed by atoms with Gasteiger partial charge < -0.3 is 9.88 Å². The molecule has 1 N–H and O–H groups in total. The van der Waals surface area contributed by atoms with E-state index in [-0.39, 0.29) is 11.9 Å². The van der Waals surface area contributed by atoms with Gasteiger partial charge >= 0.3 is 0 Å². The molecule has 0 aliphatic heterocycles. The molecule has 0 bridgehead atoms. The highest BCUT2D eigenvalue weighted by Crippen LogP contribution is 2.24. The summed E-state index contributed by atoms with van der Waals surface area (Å²) >= 11 is 6.00. The zero-order chi connectivity index (χ0) is 17.1. The van der Waals surface area contributed by atoms with Gasteiger partial charge in [0, 0.05) is 30.0 Å². The number of aromatic nitrogens is 2. The average molecular weight is 340 g/mol. The molecule has 0 aliphatic rings. The van der Waals surface area contributed by atoms with Crippen LogP contribution in [0.1, 0.15) is 33.4 Å². The van der Waals surface area contributed by atoms with Crippen LogP contribution >= 0.6 is 11.6 Å². The third kappa shape index (κ3) is 3.34. The van der Waals surface area contributed by atoms with Crippen LogP contribution in [0.5, 0.6) is 0 Å². The van der Waals surface area contributed by atoms with Gasteiger partial charge in [-0.15, -0.1) is 0 Å². The molecule has 0 aliphatic carbocycles. The van der Waals surface area contributed by atoms with Crippen molar-refractivity contribution >= 4 is 17.5 Å². The van der Waals surface area contributed by atoms with E-state index < -0.39 is 0 Å². The summed E-state index contributed by atoms with van der Waals surface area (Å²) in [6.07, 6.45) is 3.60. The molecule has 122 valence electrons. The second kappa shape index (κ2) is 6.89. The van der Waals surface area contributed by atoms with Crippen molar-refractivity contribution in [2.75, 3.05) is 0 Å². The van der Waals surface area contributed by atoms with E-state index in [1.807, 2.05) is 49.0 Å². The van der Waals surface area contributed by atoms with Gasteiger partial charge in [0.15, 0.2) is 0 Å². The fourth-order valence-corrected chi connectivity index (χ4v) is 2.88. The summed E-state index contributed by atoms with van der Waals surface area (Å²) in [6, 6.07) is 14.5. The normalized spacial score (nSPS) is 12.0. The van der Waals surface area contributed by atoms with Crippen molar-refractivity contribution < 1.29 is 4.79 Å². The smallest absolute Gasteiger partial charge is 0.252 e. The molecule has 0 spiro atoms. The van der Waals surface area contributed by atoms with E-state index in [4.69, 9.17) is 11.6 Å². The molecule has 1 aromatic heterocycles. The molecular weight excluding hydrogens is 322 g/mol. The molecule has 0 saturated carbocycles. The van der Waals surface area contributed by atoms with Gasteiger partial charge in [-0.05, 0) is 36.2 Å². The number of aryl methyl sites for hydroxylation is 2. The Morgan fingerprint density at radius 1 is 1.21 bits per heavy atom. The van der Waals surface area contributed by atoms with E-state index >= 15 is 0 Å². The maximum Gasteiger partial charge on any atom is 0.252 e. The predicted octanol–water partition coefficient (Wildman–Crippen LogP) is 3.90. The van der Waals surface area contributed by atoms with Crippen molar-refractivity contribution in [3.8, 4) is 0 Å². The lowest BCUT2D eigenvalue weighted by molar-refractivity contribution is 0.0941. The summed E-state index contributed by atoms with van der Waals surface area (Å²) < 4.78 is 1.91. The lowest BCUT2D eigenvalue weighted by Crippen LogP contribution is -2.31. The van der Waals surface area contributed by atoms with Crippen LogP contribution in [-0.2, 0) is 7.05 Å². The second-order valence-corrected chi connectivity index (χ2v) is 6.11. The summed E-state index contributed by atoms with van der Waals surface area (Å²) in [5.74, 6) is 0.591. The molecule has 4 nitrogen and oxygen atoms in total. The minimum absolute atomic E-state index is 0.186. The molecule has 3 rings (SSSR count). The molecular formula is C19H18ClN3O. The number of carbonyl (C=O) groups excluding carboxylic acids is 1. The number of nitrogens with one attached hydrogen (secondary N) is 1. The Morgan fingerprint density at radius 2 is 2.00 bits per heavy atom. The Hall–Kier alpha value is -2.59. The number of benzene rings is 2. The Morgan fingerprint density at radius 3 is 2.67 bits per heavy atom. The Kier molecular flexibility index (Phi) is 4.67. The molecule has 1 amide bonds. The first-order valence-corrected chi connectivity index (χ1v) is 8.03. The van der Waals surface area contributed by atoms with Gasteiger partial charge in [0.1, 0.15) is 11.9 Å².